The lowest BCUT2D eigenvalue weighted by molar-refractivity contribution is -0.135. The third-order valence-corrected chi connectivity index (χ3v) is 2.97. The van der Waals surface area contributed by atoms with Gasteiger partial charge in [-0.3, -0.25) is 19.7 Å². The molecule has 3 rings (SSSR count). The van der Waals surface area contributed by atoms with Crippen LogP contribution < -0.4 is 5.32 Å². The molecule has 1 N–H and O–H groups in total. The van der Waals surface area contributed by atoms with Crippen LogP contribution in [-0.4, -0.2) is 45.9 Å². The molecule has 2 aromatic rings. The third-order valence-electron chi connectivity index (χ3n) is 2.97. The van der Waals surface area contributed by atoms with Crippen molar-refractivity contribution in [3.8, 4) is 11.5 Å². The van der Waals surface area contributed by atoms with Crippen LogP contribution in [0.15, 0.2) is 35.1 Å². The van der Waals surface area contributed by atoms with E-state index < -0.39 is 11.8 Å². The van der Waals surface area contributed by atoms with Gasteiger partial charge < -0.3 is 9.32 Å². The van der Waals surface area contributed by atoms with E-state index in [1.165, 1.54) is 11.3 Å². The normalized spacial score (nSPS) is 15.0. The molecule has 8 heteroatoms. The van der Waals surface area contributed by atoms with Gasteiger partial charge in [0.2, 0.25) is 24.1 Å². The lowest BCUT2D eigenvalue weighted by Crippen LogP contribution is -2.53. The van der Waals surface area contributed by atoms with Crippen molar-refractivity contribution in [2.24, 2.45) is 0 Å². The summed E-state index contributed by atoms with van der Waals surface area (Å²) in [5.74, 6) is -0.999. The van der Waals surface area contributed by atoms with E-state index in [1.807, 2.05) is 0 Å². The molecule has 21 heavy (non-hydrogen) atoms. The number of nitrogens with one attached hydrogen (secondary N) is 1. The Bertz CT molecular complexity index is 677. The molecule has 1 fully saturated rings. The molecule has 106 valence electrons. The minimum absolute atomic E-state index is 0.129. The van der Waals surface area contributed by atoms with E-state index in [9.17, 15) is 14.4 Å². The van der Waals surface area contributed by atoms with Crippen molar-refractivity contribution in [1.82, 2.24) is 20.4 Å². The summed E-state index contributed by atoms with van der Waals surface area (Å²) in [6.45, 7) is -0.258. The quantitative estimate of drug-likeness (QED) is 0.769. The van der Waals surface area contributed by atoms with Crippen LogP contribution in [0.1, 0.15) is 10.4 Å². The van der Waals surface area contributed by atoms with E-state index in [0.717, 1.165) is 0 Å². The lowest BCUT2D eigenvalue weighted by Gasteiger charge is -2.25. The second-order valence-corrected chi connectivity index (χ2v) is 4.45. The Morgan fingerprint density at radius 1 is 1.14 bits per heavy atom. The summed E-state index contributed by atoms with van der Waals surface area (Å²) in [6.07, 6.45) is 1.21. The molecule has 1 aliphatic rings. The second kappa shape index (κ2) is 5.16. The Balaban J connectivity index is 1.79. The van der Waals surface area contributed by atoms with E-state index in [2.05, 4.69) is 15.5 Å². The maximum Gasteiger partial charge on any atom is 0.254 e. The van der Waals surface area contributed by atoms with Gasteiger partial charge in [0, 0.05) is 11.1 Å². The molecule has 0 aliphatic carbocycles. The van der Waals surface area contributed by atoms with E-state index in [0.29, 0.717) is 17.0 Å². The van der Waals surface area contributed by atoms with Crippen molar-refractivity contribution in [3.63, 3.8) is 0 Å². The first-order valence-electron chi connectivity index (χ1n) is 6.12. The maximum absolute atomic E-state index is 12.2. The monoisotopic (exact) mass is 286 g/mol. The number of piperazine rings is 1. The van der Waals surface area contributed by atoms with Crippen molar-refractivity contribution in [3.05, 3.63) is 36.2 Å². The van der Waals surface area contributed by atoms with Crippen LogP contribution >= 0.6 is 0 Å². The highest BCUT2D eigenvalue weighted by atomic mass is 16.4. The van der Waals surface area contributed by atoms with Gasteiger partial charge >= 0.3 is 0 Å². The van der Waals surface area contributed by atoms with Crippen LogP contribution in [0.2, 0.25) is 0 Å². The highest BCUT2D eigenvalue weighted by Crippen LogP contribution is 2.17. The van der Waals surface area contributed by atoms with Crippen LogP contribution in [0.25, 0.3) is 11.5 Å². The fourth-order valence-electron chi connectivity index (χ4n) is 2.02. The van der Waals surface area contributed by atoms with Gasteiger partial charge in [-0.05, 0) is 24.3 Å². The fraction of sp³-hybridized carbons (Fsp3) is 0.154. The summed E-state index contributed by atoms with van der Waals surface area (Å²) in [7, 11) is 0. The van der Waals surface area contributed by atoms with Crippen LogP contribution in [0, 0.1) is 0 Å². The number of amides is 3. The average Bonchev–Trinajstić information content (AvgIpc) is 3.00. The Morgan fingerprint density at radius 3 is 2.38 bits per heavy atom. The molecule has 3 amide bonds. The first-order valence-corrected chi connectivity index (χ1v) is 6.12. The van der Waals surface area contributed by atoms with Crippen molar-refractivity contribution < 1.29 is 18.8 Å². The zero-order valence-electron chi connectivity index (χ0n) is 10.8. The number of aromatic nitrogens is 2. The van der Waals surface area contributed by atoms with Crippen molar-refractivity contribution >= 4 is 17.7 Å². The molecule has 1 aromatic carbocycles. The molecule has 1 aliphatic heterocycles. The Hall–Kier alpha value is -3.03. The first kappa shape index (κ1) is 13.0. The molecule has 2 heterocycles. The topological polar surface area (TPSA) is 105 Å². The predicted molar refractivity (Wildman–Crippen MR) is 68.8 cm³/mol. The number of benzene rings is 1. The number of carbonyl (C=O) groups excluding carboxylic acids is 3. The Kier molecular flexibility index (Phi) is 3.19. The van der Waals surface area contributed by atoms with Gasteiger partial charge in [-0.1, -0.05) is 0 Å². The summed E-state index contributed by atoms with van der Waals surface area (Å²) < 4.78 is 5.05. The van der Waals surface area contributed by atoms with Crippen LogP contribution in [-0.2, 0) is 9.59 Å². The fourth-order valence-corrected chi connectivity index (χ4v) is 2.02. The average molecular weight is 286 g/mol. The number of hydrogen-bond donors (Lipinski definition) is 1. The zero-order valence-corrected chi connectivity index (χ0v) is 10.8. The highest BCUT2D eigenvalue weighted by molar-refractivity contribution is 6.05. The van der Waals surface area contributed by atoms with Gasteiger partial charge in [0.15, 0.2) is 0 Å². The van der Waals surface area contributed by atoms with Crippen molar-refractivity contribution in [1.29, 1.82) is 0 Å². The van der Waals surface area contributed by atoms with Gasteiger partial charge in [0.25, 0.3) is 5.91 Å². The minimum Gasteiger partial charge on any atom is -0.423 e. The van der Waals surface area contributed by atoms with E-state index in [4.69, 9.17) is 4.42 Å². The maximum atomic E-state index is 12.2. The lowest BCUT2D eigenvalue weighted by atomic mass is 10.1. The summed E-state index contributed by atoms with van der Waals surface area (Å²) in [5, 5.41) is 9.48. The second-order valence-electron chi connectivity index (χ2n) is 4.45. The zero-order chi connectivity index (χ0) is 14.8. The van der Waals surface area contributed by atoms with Crippen LogP contribution in [0.3, 0.4) is 0 Å². The summed E-state index contributed by atoms with van der Waals surface area (Å²) in [6, 6.07) is 6.48. The number of rotatable bonds is 2. The molecule has 8 nitrogen and oxygen atoms in total. The van der Waals surface area contributed by atoms with Crippen molar-refractivity contribution in [2.45, 2.75) is 0 Å². The highest BCUT2D eigenvalue weighted by Gasteiger charge is 2.27. The number of hydrogen-bond acceptors (Lipinski definition) is 6. The molecule has 1 aromatic heterocycles. The molecule has 0 radical (unpaired) electrons. The number of nitrogens with zero attached hydrogens (tertiary/aromatic N) is 3. The Morgan fingerprint density at radius 2 is 1.81 bits per heavy atom. The smallest absolute Gasteiger partial charge is 0.254 e. The molecule has 0 saturated carbocycles. The Labute approximate surface area is 118 Å². The minimum atomic E-state index is -0.484. The van der Waals surface area contributed by atoms with Gasteiger partial charge in [0.05, 0.1) is 0 Å². The first-order chi connectivity index (χ1) is 10.1. The molecular weight excluding hydrogens is 276 g/mol. The van der Waals surface area contributed by atoms with E-state index in [-0.39, 0.29) is 19.0 Å². The summed E-state index contributed by atoms with van der Waals surface area (Å²) in [4.78, 5) is 36.0. The van der Waals surface area contributed by atoms with Gasteiger partial charge in [0.1, 0.15) is 13.1 Å². The predicted octanol–water partition coefficient (Wildman–Crippen LogP) is -0.165. The van der Waals surface area contributed by atoms with E-state index >= 15 is 0 Å². The van der Waals surface area contributed by atoms with Crippen LogP contribution in [0.5, 0.6) is 0 Å². The largest absolute Gasteiger partial charge is 0.423 e. The standard InChI is InChI=1S/C13H10N4O4/c18-10-5-17(6-11(19)15-10)13(20)9-3-1-8(2-4-9)12-16-14-7-21-12/h1-4,7H,5-6H2,(H,15,18,19). The molecule has 0 atom stereocenters. The van der Waals surface area contributed by atoms with Crippen LogP contribution in [0.4, 0.5) is 0 Å². The van der Waals surface area contributed by atoms with Crippen molar-refractivity contribution in [2.75, 3.05) is 13.1 Å². The summed E-state index contributed by atoms with van der Waals surface area (Å²) in [5.41, 5.74) is 1.05. The number of imide groups is 1. The van der Waals surface area contributed by atoms with E-state index in [1.54, 1.807) is 24.3 Å². The molecular formula is C13H10N4O4. The van der Waals surface area contributed by atoms with Gasteiger partial charge in [-0.2, -0.15) is 0 Å². The molecule has 0 spiro atoms. The third kappa shape index (κ3) is 2.64. The summed E-state index contributed by atoms with van der Waals surface area (Å²) >= 11 is 0. The molecule has 0 unspecified atom stereocenters. The SMILES string of the molecule is O=C1CN(C(=O)c2ccc(-c3nnco3)cc2)CC(=O)N1. The number of carbonyl (C=O) groups is 3. The molecule has 1 saturated heterocycles. The molecule has 0 bridgehead atoms. The van der Waals surface area contributed by atoms with Gasteiger partial charge in [-0.25, -0.2) is 0 Å². The van der Waals surface area contributed by atoms with Gasteiger partial charge in [-0.15, -0.1) is 10.2 Å².